The highest BCUT2D eigenvalue weighted by molar-refractivity contribution is 7.27. The van der Waals surface area contributed by atoms with E-state index >= 15 is 0 Å². The van der Waals surface area contributed by atoms with E-state index in [9.17, 15) is 15.0 Å². The zero-order chi connectivity index (χ0) is 20.5. The Hall–Kier alpha value is -2.58. The molecule has 28 heavy (non-hydrogen) atoms. The van der Waals surface area contributed by atoms with Crippen molar-refractivity contribution in [3.8, 4) is 11.5 Å². The van der Waals surface area contributed by atoms with Crippen LogP contribution in [0.3, 0.4) is 0 Å². The first-order chi connectivity index (χ1) is 13.4. The van der Waals surface area contributed by atoms with Gasteiger partial charge >= 0.3 is 0 Å². The molecule has 5 heteroatoms. The van der Waals surface area contributed by atoms with Crippen LogP contribution in [-0.4, -0.2) is 22.7 Å². The second-order valence-electron chi connectivity index (χ2n) is 6.65. The van der Waals surface area contributed by atoms with E-state index in [0.717, 1.165) is 16.3 Å². The highest BCUT2D eigenvalue weighted by atomic mass is 31.0. The van der Waals surface area contributed by atoms with Crippen LogP contribution < -0.4 is 10.6 Å². The first-order valence-corrected chi connectivity index (χ1v) is 10.1. The molecule has 4 nitrogen and oxygen atoms in total. The van der Waals surface area contributed by atoms with Gasteiger partial charge in [0.2, 0.25) is 0 Å². The number of aromatic hydroxyl groups is 2. The van der Waals surface area contributed by atoms with Crippen molar-refractivity contribution in [2.75, 3.05) is 6.54 Å². The summed E-state index contributed by atoms with van der Waals surface area (Å²) in [5, 5.41) is 25.0. The highest BCUT2D eigenvalue weighted by Gasteiger charge is 2.12. The lowest BCUT2D eigenvalue weighted by molar-refractivity contribution is 0.0951. The van der Waals surface area contributed by atoms with Crippen molar-refractivity contribution >= 4 is 31.2 Å². The van der Waals surface area contributed by atoms with Crippen LogP contribution in [0.15, 0.2) is 54.6 Å². The molecule has 0 aliphatic heterocycles. The van der Waals surface area contributed by atoms with E-state index in [1.165, 1.54) is 18.9 Å². The average Bonchev–Trinajstić information content (AvgIpc) is 2.69. The van der Waals surface area contributed by atoms with E-state index in [1.54, 1.807) is 24.3 Å². The number of fused-ring (bicyclic) bond motifs is 1. The van der Waals surface area contributed by atoms with E-state index in [0.29, 0.717) is 18.4 Å². The third-order valence-electron chi connectivity index (χ3n) is 4.36. The van der Waals surface area contributed by atoms with Crippen LogP contribution >= 0.6 is 9.24 Å². The number of unbranched alkanes of at least 4 members (excludes halogenated alkanes) is 1. The molecule has 1 atom stereocenters. The molecular weight excluding hydrogens is 369 g/mol. The Bertz CT molecular complexity index is 921. The zero-order valence-electron chi connectivity index (χ0n) is 16.4. The predicted octanol–water partition coefficient (Wildman–Crippen LogP) is 4.53. The van der Waals surface area contributed by atoms with Gasteiger partial charge in [0, 0.05) is 6.54 Å². The summed E-state index contributed by atoms with van der Waals surface area (Å²) in [6.07, 6.45) is 3.35. The van der Waals surface area contributed by atoms with Gasteiger partial charge < -0.3 is 15.5 Å². The quantitative estimate of drug-likeness (QED) is 0.554. The van der Waals surface area contributed by atoms with E-state index in [1.807, 2.05) is 24.3 Å². The van der Waals surface area contributed by atoms with Crippen molar-refractivity contribution in [1.82, 2.24) is 5.32 Å². The Morgan fingerprint density at radius 2 is 1.61 bits per heavy atom. The van der Waals surface area contributed by atoms with E-state index in [-0.39, 0.29) is 23.0 Å². The molecule has 0 heterocycles. The molecule has 3 rings (SSSR count). The Kier molecular flexibility index (Phi) is 8.28. The van der Waals surface area contributed by atoms with E-state index in [4.69, 9.17) is 0 Å². The third kappa shape index (κ3) is 6.24. The monoisotopic (exact) mass is 397 g/mol. The smallest absolute Gasteiger partial charge is 0.255 e. The maximum Gasteiger partial charge on any atom is 0.255 e. The molecule has 0 aliphatic carbocycles. The summed E-state index contributed by atoms with van der Waals surface area (Å²) < 4.78 is 0. The topological polar surface area (TPSA) is 69.6 Å². The Morgan fingerprint density at radius 1 is 0.929 bits per heavy atom. The van der Waals surface area contributed by atoms with Crippen LogP contribution in [0.4, 0.5) is 0 Å². The molecule has 0 fully saturated rings. The van der Waals surface area contributed by atoms with Crippen molar-refractivity contribution < 1.29 is 15.0 Å². The van der Waals surface area contributed by atoms with Crippen molar-refractivity contribution in [2.45, 2.75) is 33.1 Å². The number of benzene rings is 3. The molecule has 1 unspecified atom stereocenters. The molecular formula is C23H28NO3P. The van der Waals surface area contributed by atoms with Crippen LogP contribution in [-0.2, 0) is 6.42 Å². The fourth-order valence-corrected chi connectivity index (χ4v) is 2.75. The van der Waals surface area contributed by atoms with Gasteiger partial charge in [-0.3, -0.25) is 4.79 Å². The summed E-state index contributed by atoms with van der Waals surface area (Å²) in [6.45, 7) is 4.84. The van der Waals surface area contributed by atoms with Crippen LogP contribution in [0.25, 0.3) is 10.8 Å². The number of hydrogen-bond acceptors (Lipinski definition) is 3. The van der Waals surface area contributed by atoms with Gasteiger partial charge in [0.05, 0.1) is 5.56 Å². The lowest BCUT2D eigenvalue weighted by Gasteiger charge is -2.09. The zero-order valence-corrected chi connectivity index (χ0v) is 17.6. The molecule has 0 radical (unpaired) electrons. The molecule has 0 bridgehead atoms. The Morgan fingerprint density at radius 3 is 2.25 bits per heavy atom. The van der Waals surface area contributed by atoms with Gasteiger partial charge in [-0.05, 0) is 52.3 Å². The van der Waals surface area contributed by atoms with Gasteiger partial charge in [-0.1, -0.05) is 57.0 Å². The number of carbonyl (C=O) groups is 1. The van der Waals surface area contributed by atoms with Crippen molar-refractivity contribution in [3.05, 3.63) is 65.7 Å². The maximum atomic E-state index is 12.3. The number of phenols is 2. The minimum atomic E-state index is -0.333. The minimum absolute atomic E-state index is 0.0712. The van der Waals surface area contributed by atoms with Gasteiger partial charge in [0.1, 0.15) is 11.5 Å². The molecule has 3 N–H and O–H groups in total. The summed E-state index contributed by atoms with van der Waals surface area (Å²) in [7, 11) is 2.63. The van der Waals surface area contributed by atoms with Gasteiger partial charge in [-0.15, -0.1) is 9.24 Å². The first-order valence-electron chi connectivity index (χ1n) is 9.53. The van der Waals surface area contributed by atoms with Crippen molar-refractivity contribution in [1.29, 1.82) is 0 Å². The van der Waals surface area contributed by atoms with Crippen molar-refractivity contribution in [3.63, 3.8) is 0 Å². The summed E-state index contributed by atoms with van der Waals surface area (Å²) in [5.74, 6) is -0.282. The summed E-state index contributed by atoms with van der Waals surface area (Å²) >= 11 is 0. The molecule has 0 aromatic heterocycles. The van der Waals surface area contributed by atoms with Crippen LogP contribution in [0.5, 0.6) is 11.5 Å². The largest absolute Gasteiger partial charge is 0.508 e. The normalized spacial score (nSPS) is 10.2. The van der Waals surface area contributed by atoms with Crippen LogP contribution in [0.1, 0.15) is 42.6 Å². The second kappa shape index (κ2) is 10.7. The number of nitrogens with one attached hydrogen (secondary N) is 1. The van der Waals surface area contributed by atoms with Crippen molar-refractivity contribution in [2.24, 2.45) is 0 Å². The molecule has 0 spiro atoms. The fraction of sp³-hybridized carbons (Fsp3) is 0.261. The van der Waals surface area contributed by atoms with Gasteiger partial charge in [0.25, 0.3) is 5.91 Å². The average molecular weight is 397 g/mol. The molecule has 3 aromatic carbocycles. The molecule has 0 aliphatic rings. The lowest BCUT2D eigenvalue weighted by Crippen LogP contribution is -2.25. The molecule has 0 saturated carbocycles. The first kappa shape index (κ1) is 21.7. The molecule has 3 aromatic rings. The predicted molar refractivity (Wildman–Crippen MR) is 120 cm³/mol. The van der Waals surface area contributed by atoms with E-state index < -0.39 is 0 Å². The lowest BCUT2D eigenvalue weighted by atomic mass is 10.0. The number of carbonyl (C=O) groups excluding carboxylic acids is 1. The maximum absolute atomic E-state index is 12.3. The van der Waals surface area contributed by atoms with Crippen LogP contribution in [0, 0.1) is 0 Å². The third-order valence-corrected chi connectivity index (χ3v) is 4.75. The van der Waals surface area contributed by atoms with Crippen LogP contribution in [0.2, 0.25) is 0 Å². The van der Waals surface area contributed by atoms with E-state index in [2.05, 4.69) is 28.4 Å². The number of hydrogen-bond donors (Lipinski definition) is 3. The van der Waals surface area contributed by atoms with Gasteiger partial charge in [-0.2, -0.15) is 0 Å². The summed E-state index contributed by atoms with van der Waals surface area (Å²) in [4.78, 5) is 12.3. The number of phenolic OH excluding ortho intramolecular Hbond substituents is 2. The number of rotatable bonds is 5. The molecule has 148 valence electrons. The van der Waals surface area contributed by atoms with Gasteiger partial charge in [0.15, 0.2) is 0 Å². The standard InChI is InChI=1S/C19H18NO3P.C4H10/c21-15-4-3-13-11-18(22)17(10-14(13)9-15)19(23)20-8-7-12-1-5-16(24)6-2-12;1-3-4-2/h1-6,9-11,21-22H,7-8,24H2,(H,20,23);3-4H2,1-2H3. The number of amides is 1. The second-order valence-corrected chi connectivity index (χ2v) is 7.31. The highest BCUT2D eigenvalue weighted by Crippen LogP contribution is 2.27. The minimum Gasteiger partial charge on any atom is -0.508 e. The Labute approximate surface area is 168 Å². The molecule has 1 amide bonds. The fourth-order valence-electron chi connectivity index (χ4n) is 2.55. The molecule has 0 saturated heterocycles. The summed E-state index contributed by atoms with van der Waals surface area (Å²) in [5.41, 5.74) is 1.34. The summed E-state index contributed by atoms with van der Waals surface area (Å²) in [6, 6.07) is 16.0. The van der Waals surface area contributed by atoms with Gasteiger partial charge in [-0.25, -0.2) is 0 Å². The SMILES string of the molecule is CCCC.O=C(NCCc1ccc(P)cc1)c1cc2cc(O)ccc2cc1O. The Balaban J connectivity index is 0.000000640.